The molecule has 0 fully saturated rings. The van der Waals surface area contributed by atoms with E-state index in [0.717, 1.165) is 27.5 Å². The molecule has 34 heavy (non-hydrogen) atoms. The van der Waals surface area contributed by atoms with Gasteiger partial charge in [-0.05, 0) is 56.3 Å². The van der Waals surface area contributed by atoms with Crippen LogP contribution in [0.3, 0.4) is 0 Å². The molecule has 8 nitrogen and oxygen atoms in total. The Bertz CT molecular complexity index is 1200. The SMILES string of the molecule is Cc1nn(-c2ccccc2)c(C)c1/C=C/C(=O)OCC(=O)N(C)CC(=O)Nc1ccc(F)cc1. The number of anilines is 1. The topological polar surface area (TPSA) is 93.5 Å². The van der Waals surface area contributed by atoms with Gasteiger partial charge in [-0.3, -0.25) is 9.59 Å². The largest absolute Gasteiger partial charge is 0.452 e. The monoisotopic (exact) mass is 464 g/mol. The molecule has 0 aliphatic rings. The van der Waals surface area contributed by atoms with E-state index in [2.05, 4.69) is 10.4 Å². The smallest absolute Gasteiger partial charge is 0.331 e. The van der Waals surface area contributed by atoms with Crippen LogP contribution < -0.4 is 5.32 Å². The van der Waals surface area contributed by atoms with Gasteiger partial charge in [0.1, 0.15) is 5.82 Å². The summed E-state index contributed by atoms with van der Waals surface area (Å²) in [7, 11) is 1.42. The summed E-state index contributed by atoms with van der Waals surface area (Å²) in [6.45, 7) is 2.98. The van der Waals surface area contributed by atoms with Gasteiger partial charge in [0.05, 0.1) is 17.9 Å². The molecule has 1 aromatic heterocycles. The average Bonchev–Trinajstić information content (AvgIpc) is 3.11. The number of carbonyl (C=O) groups is 3. The summed E-state index contributed by atoms with van der Waals surface area (Å²) in [6.07, 6.45) is 2.84. The van der Waals surface area contributed by atoms with Crippen molar-refractivity contribution < 1.29 is 23.5 Å². The molecule has 1 heterocycles. The van der Waals surface area contributed by atoms with Crippen molar-refractivity contribution in [1.82, 2.24) is 14.7 Å². The molecule has 0 spiro atoms. The highest BCUT2D eigenvalue weighted by Gasteiger charge is 2.15. The van der Waals surface area contributed by atoms with Crippen LogP contribution in [0.15, 0.2) is 60.7 Å². The van der Waals surface area contributed by atoms with E-state index in [1.807, 2.05) is 44.2 Å². The Morgan fingerprint density at radius 1 is 1.09 bits per heavy atom. The summed E-state index contributed by atoms with van der Waals surface area (Å²) in [5.74, 6) is -2.12. The molecule has 0 aliphatic carbocycles. The third-order valence-electron chi connectivity index (χ3n) is 5.01. The van der Waals surface area contributed by atoms with Gasteiger partial charge < -0.3 is 15.0 Å². The summed E-state index contributed by atoms with van der Waals surface area (Å²) in [5.41, 5.74) is 3.69. The van der Waals surface area contributed by atoms with E-state index in [4.69, 9.17) is 4.74 Å². The maximum atomic E-state index is 12.9. The minimum atomic E-state index is -0.691. The normalized spacial score (nSPS) is 10.8. The van der Waals surface area contributed by atoms with Crippen molar-refractivity contribution in [3.63, 3.8) is 0 Å². The van der Waals surface area contributed by atoms with Crippen molar-refractivity contribution in [1.29, 1.82) is 0 Å². The Hall–Kier alpha value is -4.27. The lowest BCUT2D eigenvalue weighted by Gasteiger charge is -2.16. The zero-order chi connectivity index (χ0) is 24.7. The van der Waals surface area contributed by atoms with Crippen molar-refractivity contribution in [2.45, 2.75) is 13.8 Å². The van der Waals surface area contributed by atoms with Crippen molar-refractivity contribution in [3.05, 3.63) is 83.4 Å². The Kier molecular flexibility index (Phi) is 7.92. The second-order valence-electron chi connectivity index (χ2n) is 7.58. The molecule has 0 saturated carbocycles. The number of halogens is 1. The van der Waals surface area contributed by atoms with E-state index in [9.17, 15) is 18.8 Å². The number of hydrogen-bond donors (Lipinski definition) is 1. The minimum absolute atomic E-state index is 0.249. The molecule has 0 atom stereocenters. The lowest BCUT2D eigenvalue weighted by atomic mass is 10.2. The highest BCUT2D eigenvalue weighted by atomic mass is 19.1. The Morgan fingerprint density at radius 2 is 1.76 bits per heavy atom. The fourth-order valence-electron chi connectivity index (χ4n) is 3.20. The van der Waals surface area contributed by atoms with Crippen LogP contribution in [0.25, 0.3) is 11.8 Å². The predicted octanol–water partition coefficient (Wildman–Crippen LogP) is 3.28. The first-order valence-electron chi connectivity index (χ1n) is 10.5. The number of para-hydroxylation sites is 1. The van der Waals surface area contributed by atoms with Crippen LogP contribution in [0.1, 0.15) is 17.0 Å². The van der Waals surface area contributed by atoms with Gasteiger partial charge in [0.2, 0.25) is 5.91 Å². The molecule has 1 N–H and O–H groups in total. The van der Waals surface area contributed by atoms with E-state index in [-0.39, 0.29) is 6.54 Å². The minimum Gasteiger partial charge on any atom is -0.452 e. The first-order valence-corrected chi connectivity index (χ1v) is 10.5. The summed E-state index contributed by atoms with van der Waals surface area (Å²) in [6, 6.07) is 14.9. The maximum Gasteiger partial charge on any atom is 0.331 e. The zero-order valence-corrected chi connectivity index (χ0v) is 19.1. The highest BCUT2D eigenvalue weighted by molar-refractivity contribution is 5.95. The van der Waals surface area contributed by atoms with E-state index in [1.165, 1.54) is 37.4 Å². The number of hydrogen-bond acceptors (Lipinski definition) is 5. The third kappa shape index (κ3) is 6.38. The molecule has 176 valence electrons. The number of nitrogens with zero attached hydrogens (tertiary/aromatic N) is 3. The van der Waals surface area contributed by atoms with Crippen LogP contribution in [0.5, 0.6) is 0 Å². The van der Waals surface area contributed by atoms with E-state index in [1.54, 1.807) is 10.8 Å². The second-order valence-corrected chi connectivity index (χ2v) is 7.58. The number of likely N-dealkylation sites (N-methyl/N-ethyl adjacent to an activating group) is 1. The molecule has 0 bridgehead atoms. The summed E-state index contributed by atoms with van der Waals surface area (Å²) in [5, 5.41) is 7.07. The third-order valence-corrected chi connectivity index (χ3v) is 5.01. The lowest BCUT2D eigenvalue weighted by Crippen LogP contribution is -2.37. The number of benzene rings is 2. The van der Waals surface area contributed by atoms with E-state index in [0.29, 0.717) is 5.69 Å². The second kappa shape index (κ2) is 11.0. The molecule has 0 aliphatic heterocycles. The number of aryl methyl sites for hydroxylation is 1. The predicted molar refractivity (Wildman–Crippen MR) is 126 cm³/mol. The number of rotatable bonds is 8. The Morgan fingerprint density at radius 3 is 2.44 bits per heavy atom. The molecular formula is C25H25FN4O4. The van der Waals surface area contributed by atoms with Gasteiger partial charge in [-0.25, -0.2) is 13.9 Å². The van der Waals surface area contributed by atoms with Crippen molar-refractivity contribution in [2.75, 3.05) is 25.5 Å². The fraction of sp³-hybridized carbons (Fsp3) is 0.200. The number of carbonyl (C=O) groups excluding carboxylic acids is 3. The molecule has 0 saturated heterocycles. The maximum absolute atomic E-state index is 12.9. The van der Waals surface area contributed by atoms with Crippen LogP contribution in [-0.2, 0) is 19.1 Å². The van der Waals surface area contributed by atoms with Crippen molar-refractivity contribution >= 4 is 29.5 Å². The van der Waals surface area contributed by atoms with Crippen molar-refractivity contribution in [3.8, 4) is 5.69 Å². The molecule has 9 heteroatoms. The van der Waals surface area contributed by atoms with Crippen LogP contribution in [0, 0.1) is 19.7 Å². The van der Waals surface area contributed by atoms with Gasteiger partial charge in [-0.2, -0.15) is 5.10 Å². The molecule has 2 amide bonds. The summed E-state index contributed by atoms with van der Waals surface area (Å²) >= 11 is 0. The van der Waals surface area contributed by atoms with Gasteiger partial charge in [0.15, 0.2) is 6.61 Å². The quantitative estimate of drug-likeness (QED) is 0.408. The zero-order valence-electron chi connectivity index (χ0n) is 19.1. The van der Waals surface area contributed by atoms with E-state index >= 15 is 0 Å². The number of aromatic nitrogens is 2. The molecule has 3 aromatic rings. The summed E-state index contributed by atoms with van der Waals surface area (Å²) in [4.78, 5) is 37.5. The van der Waals surface area contributed by atoms with Gasteiger partial charge >= 0.3 is 5.97 Å². The van der Waals surface area contributed by atoms with Gasteiger partial charge in [0, 0.05) is 30.1 Å². The first-order chi connectivity index (χ1) is 16.2. The number of esters is 1. The van der Waals surface area contributed by atoms with Crippen LogP contribution >= 0.6 is 0 Å². The number of amides is 2. The van der Waals surface area contributed by atoms with Gasteiger partial charge in [0.25, 0.3) is 5.91 Å². The molecule has 0 unspecified atom stereocenters. The van der Waals surface area contributed by atoms with Gasteiger partial charge in [-0.15, -0.1) is 0 Å². The molecule has 2 aromatic carbocycles. The first kappa shape index (κ1) is 24.4. The molecular weight excluding hydrogens is 439 g/mol. The van der Waals surface area contributed by atoms with Crippen molar-refractivity contribution in [2.24, 2.45) is 0 Å². The van der Waals surface area contributed by atoms with Gasteiger partial charge in [-0.1, -0.05) is 18.2 Å². The Balaban J connectivity index is 1.50. The lowest BCUT2D eigenvalue weighted by molar-refractivity contribution is -0.148. The number of ether oxygens (including phenoxy) is 1. The van der Waals surface area contributed by atoms with E-state index < -0.39 is 30.2 Å². The standard InChI is InChI=1S/C25H25FN4O4/c1-17-22(18(2)30(28-17)21-7-5-4-6-8-21)13-14-25(33)34-16-24(32)29(3)15-23(31)27-20-11-9-19(26)10-12-20/h4-14H,15-16H2,1-3H3,(H,27,31)/b14-13+. The average molecular weight is 464 g/mol. The van der Waals surface area contributed by atoms with Crippen LogP contribution in [0.4, 0.5) is 10.1 Å². The highest BCUT2D eigenvalue weighted by Crippen LogP contribution is 2.19. The van der Waals surface area contributed by atoms with Crippen LogP contribution in [0.2, 0.25) is 0 Å². The Labute approximate surface area is 196 Å². The fourth-order valence-corrected chi connectivity index (χ4v) is 3.20. The van der Waals surface area contributed by atoms with Crippen LogP contribution in [-0.4, -0.2) is 52.7 Å². The summed E-state index contributed by atoms with van der Waals surface area (Å²) < 4.78 is 19.7. The number of nitrogens with one attached hydrogen (secondary N) is 1. The molecule has 0 radical (unpaired) electrons. The molecule has 3 rings (SSSR count).